The van der Waals surface area contributed by atoms with Crippen molar-refractivity contribution in [3.05, 3.63) is 58.6 Å². The average molecular weight is 349 g/mol. The molecule has 1 amide bonds. The van der Waals surface area contributed by atoms with Crippen LogP contribution in [-0.4, -0.2) is 25.0 Å². The average Bonchev–Trinajstić information content (AvgIpc) is 2.56. The maximum atomic E-state index is 11.7. The highest BCUT2D eigenvalue weighted by atomic mass is 35.5. The highest BCUT2D eigenvalue weighted by Crippen LogP contribution is 2.20. The minimum atomic E-state index is -0.324. The Morgan fingerprint density at radius 2 is 2.04 bits per heavy atom. The molecule has 120 valence electrons. The molecule has 0 atom stereocenters. The van der Waals surface area contributed by atoms with Crippen LogP contribution in [0.2, 0.25) is 5.02 Å². The molecule has 6 heteroatoms. The summed E-state index contributed by atoms with van der Waals surface area (Å²) in [6.45, 7) is 1.77. The molecule has 0 saturated heterocycles. The summed E-state index contributed by atoms with van der Waals surface area (Å²) in [7, 11) is 0. The van der Waals surface area contributed by atoms with Crippen molar-refractivity contribution in [2.75, 3.05) is 12.9 Å². The lowest BCUT2D eigenvalue weighted by atomic mass is 10.2. The Labute approximate surface area is 144 Å². The number of hydrogen-bond donors (Lipinski definition) is 1. The number of rotatable bonds is 6. The Balaban J connectivity index is 1.79. The Morgan fingerprint density at radius 3 is 2.70 bits per heavy atom. The molecule has 0 radical (unpaired) electrons. The molecule has 0 aliphatic carbocycles. The number of halogens is 1. The molecule has 2 aromatic rings. The topological polar surface area (TPSA) is 50.7 Å². The van der Waals surface area contributed by atoms with Gasteiger partial charge in [0.1, 0.15) is 5.75 Å². The number of benzene rings is 2. The van der Waals surface area contributed by atoms with Crippen molar-refractivity contribution in [2.24, 2.45) is 5.10 Å². The van der Waals surface area contributed by atoms with Gasteiger partial charge in [0.2, 0.25) is 0 Å². The Kier molecular flexibility index (Phi) is 6.50. The Bertz CT molecular complexity index is 702. The molecule has 0 fully saturated rings. The maximum absolute atomic E-state index is 11.7. The van der Waals surface area contributed by atoms with E-state index in [1.165, 1.54) is 4.90 Å². The van der Waals surface area contributed by atoms with E-state index >= 15 is 0 Å². The van der Waals surface area contributed by atoms with Gasteiger partial charge in [0.25, 0.3) is 5.91 Å². The number of ether oxygens (including phenoxy) is 1. The second-order valence-corrected chi connectivity index (χ2v) is 6.05. The zero-order valence-electron chi connectivity index (χ0n) is 12.9. The van der Waals surface area contributed by atoms with E-state index in [1.54, 1.807) is 36.2 Å². The molecule has 0 bridgehead atoms. The molecule has 0 saturated carbocycles. The highest BCUT2D eigenvalue weighted by Gasteiger charge is 2.03. The minimum Gasteiger partial charge on any atom is -0.484 e. The fraction of sp³-hybridized carbons (Fsp3) is 0.176. The lowest BCUT2D eigenvalue weighted by Gasteiger charge is -2.06. The van der Waals surface area contributed by atoms with Crippen molar-refractivity contribution in [2.45, 2.75) is 11.8 Å². The smallest absolute Gasteiger partial charge is 0.277 e. The van der Waals surface area contributed by atoms with Gasteiger partial charge in [0, 0.05) is 9.92 Å². The number of hydrazone groups is 1. The van der Waals surface area contributed by atoms with Crippen molar-refractivity contribution in [1.29, 1.82) is 0 Å². The van der Waals surface area contributed by atoms with Crippen LogP contribution in [0.5, 0.6) is 5.75 Å². The molecule has 0 aliphatic rings. The standard InChI is InChI=1S/C17H17ClN2O2S/c1-12-9-14(5-8-16(12)18)22-11-17(21)20-19-10-13-3-6-15(23-2)7-4-13/h3-10H,11H2,1-2H3,(H,20,21). The largest absolute Gasteiger partial charge is 0.484 e. The predicted molar refractivity (Wildman–Crippen MR) is 95.6 cm³/mol. The second kappa shape index (κ2) is 8.60. The number of nitrogens with one attached hydrogen (secondary N) is 1. The van der Waals surface area contributed by atoms with E-state index in [-0.39, 0.29) is 12.5 Å². The Hall–Kier alpha value is -1.98. The number of thioether (sulfide) groups is 1. The third-order valence-electron chi connectivity index (χ3n) is 3.02. The number of hydrogen-bond acceptors (Lipinski definition) is 4. The maximum Gasteiger partial charge on any atom is 0.277 e. The van der Waals surface area contributed by atoms with Crippen molar-refractivity contribution < 1.29 is 9.53 Å². The van der Waals surface area contributed by atoms with Crippen LogP contribution in [0.25, 0.3) is 0 Å². The van der Waals surface area contributed by atoms with Crippen LogP contribution in [0.1, 0.15) is 11.1 Å². The number of nitrogens with zero attached hydrogens (tertiary/aromatic N) is 1. The van der Waals surface area contributed by atoms with Crippen LogP contribution >= 0.6 is 23.4 Å². The van der Waals surface area contributed by atoms with Crippen molar-refractivity contribution in [3.8, 4) is 5.75 Å². The van der Waals surface area contributed by atoms with Gasteiger partial charge in [-0.15, -0.1) is 11.8 Å². The van der Waals surface area contributed by atoms with Crippen LogP contribution in [0, 0.1) is 6.92 Å². The Morgan fingerprint density at radius 1 is 1.30 bits per heavy atom. The third-order valence-corrected chi connectivity index (χ3v) is 4.19. The first-order valence-electron chi connectivity index (χ1n) is 6.93. The fourth-order valence-corrected chi connectivity index (χ4v) is 2.28. The quantitative estimate of drug-likeness (QED) is 0.489. The van der Waals surface area contributed by atoms with Gasteiger partial charge >= 0.3 is 0 Å². The first-order valence-corrected chi connectivity index (χ1v) is 8.53. The molecule has 0 heterocycles. The summed E-state index contributed by atoms with van der Waals surface area (Å²) >= 11 is 7.61. The summed E-state index contributed by atoms with van der Waals surface area (Å²) in [5.41, 5.74) is 4.24. The molecule has 0 aliphatic heterocycles. The molecule has 0 aromatic heterocycles. The lowest BCUT2D eigenvalue weighted by Crippen LogP contribution is -2.24. The minimum absolute atomic E-state index is 0.107. The number of carbonyl (C=O) groups excluding carboxylic acids is 1. The van der Waals surface area contributed by atoms with Gasteiger partial charge in [-0.3, -0.25) is 4.79 Å². The summed E-state index contributed by atoms with van der Waals surface area (Å²) < 4.78 is 5.39. The highest BCUT2D eigenvalue weighted by molar-refractivity contribution is 7.98. The fourth-order valence-electron chi connectivity index (χ4n) is 1.76. The van der Waals surface area contributed by atoms with Crippen molar-refractivity contribution in [3.63, 3.8) is 0 Å². The van der Waals surface area contributed by atoms with Crippen LogP contribution in [0.15, 0.2) is 52.5 Å². The molecule has 2 rings (SSSR count). The van der Waals surface area contributed by atoms with E-state index in [1.807, 2.05) is 37.4 Å². The summed E-state index contributed by atoms with van der Waals surface area (Å²) in [6, 6.07) is 13.1. The zero-order valence-corrected chi connectivity index (χ0v) is 14.4. The molecular weight excluding hydrogens is 332 g/mol. The van der Waals surface area contributed by atoms with Gasteiger partial charge in [-0.25, -0.2) is 5.43 Å². The second-order valence-electron chi connectivity index (χ2n) is 4.77. The SMILES string of the molecule is CSc1ccc(C=NNC(=O)COc2ccc(Cl)c(C)c2)cc1. The summed E-state index contributed by atoms with van der Waals surface area (Å²) in [4.78, 5) is 12.9. The molecule has 2 aromatic carbocycles. The molecule has 0 unspecified atom stereocenters. The van der Waals surface area contributed by atoms with Crippen molar-refractivity contribution >= 4 is 35.5 Å². The van der Waals surface area contributed by atoms with E-state index in [0.29, 0.717) is 10.8 Å². The van der Waals surface area contributed by atoms with Crippen LogP contribution < -0.4 is 10.2 Å². The van der Waals surface area contributed by atoms with E-state index in [4.69, 9.17) is 16.3 Å². The molecule has 0 spiro atoms. The van der Waals surface area contributed by atoms with E-state index in [0.717, 1.165) is 11.1 Å². The van der Waals surface area contributed by atoms with Crippen LogP contribution in [0.3, 0.4) is 0 Å². The van der Waals surface area contributed by atoms with Gasteiger partial charge in [-0.2, -0.15) is 5.10 Å². The van der Waals surface area contributed by atoms with Gasteiger partial charge in [-0.05, 0) is 54.6 Å². The monoisotopic (exact) mass is 348 g/mol. The summed E-state index contributed by atoms with van der Waals surface area (Å²) in [5, 5.41) is 4.57. The van der Waals surface area contributed by atoms with Gasteiger partial charge in [-0.1, -0.05) is 23.7 Å². The van der Waals surface area contributed by atoms with Gasteiger partial charge in [0.05, 0.1) is 6.21 Å². The lowest BCUT2D eigenvalue weighted by molar-refractivity contribution is -0.123. The molecule has 23 heavy (non-hydrogen) atoms. The van der Waals surface area contributed by atoms with Gasteiger partial charge < -0.3 is 4.74 Å². The van der Waals surface area contributed by atoms with Crippen molar-refractivity contribution in [1.82, 2.24) is 5.43 Å². The summed E-state index contributed by atoms with van der Waals surface area (Å²) in [6.07, 6.45) is 3.61. The van der Waals surface area contributed by atoms with Crippen LogP contribution in [-0.2, 0) is 4.79 Å². The van der Waals surface area contributed by atoms with E-state index in [9.17, 15) is 4.79 Å². The first-order chi connectivity index (χ1) is 11.1. The molecule has 4 nitrogen and oxygen atoms in total. The molecular formula is C17H17ClN2O2S. The number of aryl methyl sites for hydroxylation is 1. The number of carbonyl (C=O) groups is 1. The van der Waals surface area contributed by atoms with E-state index in [2.05, 4.69) is 10.5 Å². The molecule has 1 N–H and O–H groups in total. The third kappa shape index (κ3) is 5.62. The first kappa shape index (κ1) is 17.4. The van der Waals surface area contributed by atoms with Gasteiger partial charge in [0.15, 0.2) is 6.61 Å². The number of amides is 1. The van der Waals surface area contributed by atoms with E-state index < -0.39 is 0 Å². The zero-order chi connectivity index (χ0) is 16.7. The normalized spacial score (nSPS) is 10.7. The van der Waals surface area contributed by atoms with Crippen LogP contribution in [0.4, 0.5) is 0 Å². The predicted octanol–water partition coefficient (Wildman–Crippen LogP) is 3.90. The summed E-state index contributed by atoms with van der Waals surface area (Å²) in [5.74, 6) is 0.272.